The van der Waals surface area contributed by atoms with E-state index in [1.807, 2.05) is 24.5 Å². The second-order valence-corrected chi connectivity index (χ2v) is 6.94. The number of rotatable bonds is 3. The lowest BCUT2D eigenvalue weighted by Gasteiger charge is -2.17. The van der Waals surface area contributed by atoms with E-state index >= 15 is 0 Å². The molecule has 3 nitrogen and oxygen atoms in total. The van der Waals surface area contributed by atoms with Gasteiger partial charge in [-0.2, -0.15) is 0 Å². The Morgan fingerprint density at radius 3 is 2.83 bits per heavy atom. The summed E-state index contributed by atoms with van der Waals surface area (Å²) in [6.45, 7) is 3.14. The van der Waals surface area contributed by atoms with E-state index in [2.05, 4.69) is 61.1 Å². The number of likely N-dealkylation sites (tertiary alicyclic amines) is 1. The van der Waals surface area contributed by atoms with Crippen molar-refractivity contribution in [2.45, 2.75) is 18.9 Å². The predicted octanol–water partition coefficient (Wildman–Crippen LogP) is 4.38. The smallest absolute Gasteiger partial charge is 0.0758 e. The second kappa shape index (κ2) is 6.38. The Bertz CT molecular complexity index is 819. The van der Waals surface area contributed by atoms with Crippen LogP contribution in [-0.4, -0.2) is 28.0 Å². The van der Waals surface area contributed by atoms with Crippen molar-refractivity contribution in [1.82, 2.24) is 14.9 Å². The van der Waals surface area contributed by atoms with E-state index in [9.17, 15) is 0 Å². The van der Waals surface area contributed by atoms with Gasteiger partial charge in [0, 0.05) is 47.0 Å². The van der Waals surface area contributed by atoms with Crippen LogP contribution in [0, 0.1) is 0 Å². The first kappa shape index (κ1) is 14.8. The van der Waals surface area contributed by atoms with Gasteiger partial charge in [0.25, 0.3) is 0 Å². The maximum atomic E-state index is 4.59. The van der Waals surface area contributed by atoms with Crippen LogP contribution in [0.5, 0.6) is 0 Å². The lowest BCUT2D eigenvalue weighted by molar-refractivity contribution is 0.327. The van der Waals surface area contributed by atoms with E-state index in [0.717, 1.165) is 29.6 Å². The summed E-state index contributed by atoms with van der Waals surface area (Å²) in [6, 6.07) is 14.6. The summed E-state index contributed by atoms with van der Waals surface area (Å²) in [5.41, 5.74) is 3.61. The fraction of sp³-hybridized carbons (Fsp3) is 0.263. The maximum Gasteiger partial charge on any atom is 0.0758 e. The first-order valence-electron chi connectivity index (χ1n) is 7.96. The summed E-state index contributed by atoms with van der Waals surface area (Å²) in [7, 11) is 0. The van der Waals surface area contributed by atoms with E-state index in [0.29, 0.717) is 5.92 Å². The number of nitrogens with zero attached hydrogens (tertiary/aromatic N) is 3. The molecule has 4 heteroatoms. The van der Waals surface area contributed by atoms with Crippen LogP contribution in [0.15, 0.2) is 59.3 Å². The van der Waals surface area contributed by atoms with Crippen LogP contribution in [0.2, 0.25) is 0 Å². The van der Waals surface area contributed by atoms with Crippen molar-refractivity contribution in [3.8, 4) is 0 Å². The molecule has 1 aliphatic heterocycles. The van der Waals surface area contributed by atoms with Crippen LogP contribution in [0.1, 0.15) is 23.6 Å². The molecule has 1 atom stereocenters. The van der Waals surface area contributed by atoms with Crippen molar-refractivity contribution in [2.75, 3.05) is 13.1 Å². The van der Waals surface area contributed by atoms with Gasteiger partial charge in [-0.05, 0) is 42.8 Å². The molecule has 0 bridgehead atoms. The highest BCUT2D eigenvalue weighted by Gasteiger charge is 2.25. The normalized spacial score (nSPS) is 18.6. The van der Waals surface area contributed by atoms with Gasteiger partial charge in [-0.1, -0.05) is 34.1 Å². The number of aromatic nitrogens is 2. The Kier molecular flexibility index (Phi) is 4.10. The first-order valence-corrected chi connectivity index (χ1v) is 8.76. The molecular weight excluding hydrogens is 350 g/mol. The highest BCUT2D eigenvalue weighted by molar-refractivity contribution is 9.10. The van der Waals surface area contributed by atoms with Crippen LogP contribution in [-0.2, 0) is 6.54 Å². The van der Waals surface area contributed by atoms with Gasteiger partial charge < -0.3 is 0 Å². The van der Waals surface area contributed by atoms with Crippen molar-refractivity contribution in [3.05, 3.63) is 70.6 Å². The van der Waals surface area contributed by atoms with Crippen LogP contribution in [0.4, 0.5) is 0 Å². The largest absolute Gasteiger partial charge is 0.298 e. The molecule has 3 aromatic rings. The molecule has 1 aromatic carbocycles. The maximum absolute atomic E-state index is 4.59. The molecule has 1 unspecified atom stereocenters. The summed E-state index contributed by atoms with van der Waals surface area (Å²) in [5.74, 6) is 0.547. The average Bonchev–Trinajstić information content (AvgIpc) is 3.07. The van der Waals surface area contributed by atoms with Crippen LogP contribution in [0.25, 0.3) is 10.9 Å². The summed E-state index contributed by atoms with van der Waals surface area (Å²) >= 11 is 3.62. The van der Waals surface area contributed by atoms with E-state index in [4.69, 9.17) is 0 Å². The quantitative estimate of drug-likeness (QED) is 0.687. The monoisotopic (exact) mass is 367 g/mol. The molecular formula is C19H18BrN3. The third-order valence-corrected chi connectivity index (χ3v) is 5.26. The SMILES string of the molecule is Brc1ccc(CN2CCC(c3ccccn3)C2)c2ncccc12. The molecule has 0 amide bonds. The number of pyridine rings is 2. The standard InChI is InChI=1S/C19H18BrN3/c20-17-7-6-15(19-16(17)4-3-10-22-19)13-23-11-8-14(12-23)18-5-1-2-9-21-18/h1-7,9-10,14H,8,11-13H2. The molecule has 4 rings (SSSR count). The number of hydrogen-bond acceptors (Lipinski definition) is 3. The van der Waals surface area contributed by atoms with Gasteiger partial charge in [-0.25, -0.2) is 0 Å². The molecule has 0 aliphatic carbocycles. The number of benzene rings is 1. The van der Waals surface area contributed by atoms with E-state index in [1.54, 1.807) is 0 Å². The molecule has 1 saturated heterocycles. The van der Waals surface area contributed by atoms with Gasteiger partial charge >= 0.3 is 0 Å². The number of halogens is 1. The van der Waals surface area contributed by atoms with Gasteiger partial charge in [0.2, 0.25) is 0 Å². The van der Waals surface area contributed by atoms with Crippen LogP contribution in [0.3, 0.4) is 0 Å². The topological polar surface area (TPSA) is 29.0 Å². The van der Waals surface area contributed by atoms with Crippen molar-refractivity contribution in [3.63, 3.8) is 0 Å². The fourth-order valence-corrected chi connectivity index (χ4v) is 3.85. The fourth-order valence-electron chi connectivity index (χ4n) is 3.40. The summed E-state index contributed by atoms with van der Waals surface area (Å²) in [4.78, 5) is 11.6. The minimum Gasteiger partial charge on any atom is -0.298 e. The van der Waals surface area contributed by atoms with Gasteiger partial charge in [0.1, 0.15) is 0 Å². The zero-order chi connectivity index (χ0) is 15.6. The van der Waals surface area contributed by atoms with E-state index in [1.165, 1.54) is 23.1 Å². The minimum absolute atomic E-state index is 0.547. The Morgan fingerprint density at radius 2 is 1.96 bits per heavy atom. The first-order chi connectivity index (χ1) is 11.3. The Balaban J connectivity index is 1.55. The molecule has 0 saturated carbocycles. The third kappa shape index (κ3) is 3.01. The van der Waals surface area contributed by atoms with Crippen LogP contribution >= 0.6 is 15.9 Å². The number of fused-ring (bicyclic) bond motifs is 1. The van der Waals surface area contributed by atoms with Crippen molar-refractivity contribution < 1.29 is 0 Å². The Hall–Kier alpha value is -1.78. The highest BCUT2D eigenvalue weighted by Crippen LogP contribution is 2.30. The minimum atomic E-state index is 0.547. The lowest BCUT2D eigenvalue weighted by Crippen LogP contribution is -2.20. The van der Waals surface area contributed by atoms with E-state index < -0.39 is 0 Å². The molecule has 23 heavy (non-hydrogen) atoms. The lowest BCUT2D eigenvalue weighted by atomic mass is 10.0. The molecule has 116 valence electrons. The van der Waals surface area contributed by atoms with Gasteiger partial charge in [-0.15, -0.1) is 0 Å². The van der Waals surface area contributed by atoms with Gasteiger partial charge in [0.05, 0.1) is 5.52 Å². The number of hydrogen-bond donors (Lipinski definition) is 0. The molecule has 3 heterocycles. The van der Waals surface area contributed by atoms with Gasteiger partial charge in [0.15, 0.2) is 0 Å². The predicted molar refractivity (Wildman–Crippen MR) is 96.3 cm³/mol. The summed E-state index contributed by atoms with van der Waals surface area (Å²) in [5, 5.41) is 1.19. The molecule has 0 spiro atoms. The van der Waals surface area contributed by atoms with Crippen molar-refractivity contribution in [2.24, 2.45) is 0 Å². The Labute approximate surface area is 144 Å². The average molecular weight is 368 g/mol. The molecule has 1 aliphatic rings. The molecule has 1 fully saturated rings. The summed E-state index contributed by atoms with van der Waals surface area (Å²) in [6.07, 6.45) is 4.95. The van der Waals surface area contributed by atoms with Gasteiger partial charge in [-0.3, -0.25) is 14.9 Å². The van der Waals surface area contributed by atoms with E-state index in [-0.39, 0.29) is 0 Å². The summed E-state index contributed by atoms with van der Waals surface area (Å²) < 4.78 is 1.11. The zero-order valence-corrected chi connectivity index (χ0v) is 14.4. The van der Waals surface area contributed by atoms with Crippen LogP contribution < -0.4 is 0 Å². The molecule has 0 radical (unpaired) electrons. The highest BCUT2D eigenvalue weighted by atomic mass is 79.9. The second-order valence-electron chi connectivity index (χ2n) is 6.08. The van der Waals surface area contributed by atoms with Crippen molar-refractivity contribution >= 4 is 26.8 Å². The Morgan fingerprint density at radius 1 is 1.04 bits per heavy atom. The van der Waals surface area contributed by atoms with Crippen molar-refractivity contribution in [1.29, 1.82) is 0 Å². The third-order valence-electron chi connectivity index (χ3n) is 4.57. The zero-order valence-electron chi connectivity index (χ0n) is 12.8. The molecule has 0 N–H and O–H groups in total. The molecule has 2 aromatic heterocycles.